The van der Waals surface area contributed by atoms with Crippen LogP contribution in [0.4, 0.5) is 0 Å². The van der Waals surface area contributed by atoms with Gasteiger partial charge in [-0.3, -0.25) is 0 Å². The van der Waals surface area contributed by atoms with Gasteiger partial charge in [-0.1, -0.05) is 60.7 Å². The molecule has 0 saturated carbocycles. The topological polar surface area (TPSA) is 146 Å². The second kappa shape index (κ2) is 10.6. The van der Waals surface area contributed by atoms with Crippen LogP contribution in [0.5, 0.6) is 0 Å². The van der Waals surface area contributed by atoms with Crippen molar-refractivity contribution in [3.8, 4) is 0 Å². The monoisotopic (exact) mass is 518 g/mol. The number of aliphatic hydroxyl groups is 4. The molecule has 12 atom stereocenters. The van der Waals surface area contributed by atoms with E-state index in [0.29, 0.717) is 0 Å². The van der Waals surface area contributed by atoms with E-state index in [2.05, 4.69) is 0 Å². The first-order chi connectivity index (χ1) is 18.0. The lowest BCUT2D eigenvalue weighted by Crippen LogP contribution is -2.66. The Bertz CT molecular complexity index is 940. The molecule has 4 heterocycles. The number of hydrogen-bond acceptors (Lipinski definition) is 11. The largest absolute Gasteiger partial charge is 0.387 e. The number of rotatable bonds is 4. The average Bonchev–Trinajstić information content (AvgIpc) is 2.95. The Hall–Kier alpha value is -2.00. The lowest BCUT2D eigenvalue weighted by atomic mass is 9.96. The Balaban J connectivity index is 1.09. The van der Waals surface area contributed by atoms with Gasteiger partial charge in [0.05, 0.1) is 13.2 Å². The molecular weight excluding hydrogens is 488 g/mol. The lowest BCUT2D eigenvalue weighted by molar-refractivity contribution is -0.412. The molecule has 0 unspecified atom stereocenters. The lowest BCUT2D eigenvalue weighted by Gasteiger charge is -2.49. The third kappa shape index (κ3) is 4.93. The summed E-state index contributed by atoms with van der Waals surface area (Å²) in [5, 5.41) is 43.1. The summed E-state index contributed by atoms with van der Waals surface area (Å²) < 4.78 is 40.7. The van der Waals surface area contributed by atoms with Crippen LogP contribution < -0.4 is 0 Å². The summed E-state index contributed by atoms with van der Waals surface area (Å²) in [7, 11) is 0. The fourth-order valence-electron chi connectivity index (χ4n) is 5.07. The minimum absolute atomic E-state index is 0.0812. The van der Waals surface area contributed by atoms with Crippen molar-refractivity contribution in [2.24, 2.45) is 0 Å². The van der Waals surface area contributed by atoms with Crippen molar-refractivity contribution in [1.29, 1.82) is 0 Å². The smallest absolute Gasteiger partial charge is 0.189 e. The fourth-order valence-corrected chi connectivity index (χ4v) is 5.07. The number of aliphatic hydroxyl groups excluding tert-OH is 4. The number of benzene rings is 2. The van der Waals surface area contributed by atoms with Gasteiger partial charge in [0.25, 0.3) is 0 Å². The number of fused-ring (bicyclic) bond motifs is 2. The summed E-state index contributed by atoms with van der Waals surface area (Å²) in [6.45, 7) is 0.162. The Labute approximate surface area is 213 Å². The van der Waals surface area contributed by atoms with Crippen LogP contribution in [0.3, 0.4) is 0 Å². The van der Waals surface area contributed by atoms with Crippen molar-refractivity contribution in [2.45, 2.75) is 74.0 Å². The van der Waals surface area contributed by atoms with E-state index < -0.39 is 74.0 Å². The van der Waals surface area contributed by atoms with Gasteiger partial charge in [0, 0.05) is 11.1 Å². The predicted molar refractivity (Wildman–Crippen MR) is 122 cm³/mol. The summed E-state index contributed by atoms with van der Waals surface area (Å²) >= 11 is 0. The van der Waals surface area contributed by atoms with Crippen molar-refractivity contribution >= 4 is 0 Å². The van der Waals surface area contributed by atoms with Gasteiger partial charge in [-0.15, -0.1) is 0 Å². The Morgan fingerprint density at radius 2 is 0.946 bits per heavy atom. The molecule has 0 aromatic heterocycles. The Kier molecular flexibility index (Phi) is 7.27. The van der Waals surface area contributed by atoms with Crippen molar-refractivity contribution in [3.63, 3.8) is 0 Å². The standard InChI is InChI=1S/C26H30O11/c27-17-19(29)25(33-15-11-31-23(35-21(15)17)13-7-3-1-4-8-13)37-26-20(30)18(28)22-16(34-26)12-32-24(36-22)14-9-5-2-6-10-14/h1-10,15-30H,11-12H2/t15-,16-,17-,18+,19+,20-,21-,22+,23-,24+,25+,26-/m0/s1. The van der Waals surface area contributed by atoms with Gasteiger partial charge in [0.2, 0.25) is 0 Å². The van der Waals surface area contributed by atoms with E-state index in [0.717, 1.165) is 11.1 Å². The van der Waals surface area contributed by atoms with Crippen LogP contribution in [0, 0.1) is 0 Å². The highest BCUT2D eigenvalue weighted by Gasteiger charge is 2.53. The molecule has 0 amide bonds. The van der Waals surface area contributed by atoms with Gasteiger partial charge >= 0.3 is 0 Å². The highest BCUT2D eigenvalue weighted by molar-refractivity contribution is 5.17. The molecule has 0 spiro atoms. The van der Waals surface area contributed by atoms with Crippen molar-refractivity contribution in [2.75, 3.05) is 13.2 Å². The van der Waals surface area contributed by atoms with E-state index in [9.17, 15) is 20.4 Å². The number of hydrogen-bond donors (Lipinski definition) is 4. The van der Waals surface area contributed by atoms with Gasteiger partial charge in [-0.2, -0.15) is 0 Å². The minimum atomic E-state index is -1.51. The summed E-state index contributed by atoms with van der Waals surface area (Å²) in [5.41, 5.74) is 1.55. The molecule has 0 aliphatic carbocycles. The van der Waals surface area contributed by atoms with Crippen LogP contribution in [-0.4, -0.2) is 95.1 Å². The summed E-state index contributed by atoms with van der Waals surface area (Å²) in [5.74, 6) is 0. The van der Waals surface area contributed by atoms with Crippen molar-refractivity contribution < 1.29 is 53.6 Å². The van der Waals surface area contributed by atoms with E-state index in [4.69, 9.17) is 33.2 Å². The zero-order chi connectivity index (χ0) is 25.5. The molecule has 11 nitrogen and oxygen atoms in total. The second-order valence-corrected chi connectivity index (χ2v) is 9.54. The molecule has 6 rings (SSSR count). The molecule has 200 valence electrons. The third-order valence-electron chi connectivity index (χ3n) is 7.08. The quantitative estimate of drug-likeness (QED) is 0.438. The number of ether oxygens (including phenoxy) is 7. The van der Waals surface area contributed by atoms with Gasteiger partial charge in [0.1, 0.15) is 48.8 Å². The molecule has 4 aliphatic rings. The van der Waals surface area contributed by atoms with Crippen molar-refractivity contribution in [1.82, 2.24) is 0 Å². The van der Waals surface area contributed by atoms with E-state index >= 15 is 0 Å². The molecule has 4 saturated heterocycles. The van der Waals surface area contributed by atoms with Crippen LogP contribution in [0.2, 0.25) is 0 Å². The summed E-state index contributed by atoms with van der Waals surface area (Å²) in [4.78, 5) is 0. The fraction of sp³-hybridized carbons (Fsp3) is 0.538. The van der Waals surface area contributed by atoms with E-state index in [1.165, 1.54) is 0 Å². The maximum Gasteiger partial charge on any atom is 0.189 e. The minimum Gasteiger partial charge on any atom is -0.387 e. The summed E-state index contributed by atoms with van der Waals surface area (Å²) in [6.07, 6.45) is -13.1. The molecule has 4 N–H and O–H groups in total. The first kappa shape index (κ1) is 25.3. The highest BCUT2D eigenvalue weighted by Crippen LogP contribution is 2.37. The zero-order valence-electron chi connectivity index (χ0n) is 19.8. The van der Waals surface area contributed by atoms with Gasteiger partial charge in [-0.25, -0.2) is 0 Å². The molecule has 11 heteroatoms. The van der Waals surface area contributed by atoms with Crippen LogP contribution in [0.1, 0.15) is 23.7 Å². The molecule has 2 aromatic carbocycles. The molecule has 0 bridgehead atoms. The molecule has 4 fully saturated rings. The first-order valence-corrected chi connectivity index (χ1v) is 12.3. The normalized spacial score (nSPS) is 44.0. The van der Waals surface area contributed by atoms with E-state index in [-0.39, 0.29) is 13.2 Å². The Morgan fingerprint density at radius 3 is 1.35 bits per heavy atom. The SMILES string of the molecule is O[C@@H]1[C@H](O[C@H]2O[C@H]3CO[C@H](c4ccccc4)O[C@@H]3[C@@H](O)[C@H]2O)O[C@H]2CO[C@@H](c3ccccc3)O[C@H]2[C@@H]1O. The van der Waals surface area contributed by atoms with Crippen LogP contribution in [-0.2, 0) is 33.2 Å². The molecule has 4 aliphatic heterocycles. The molecule has 0 radical (unpaired) electrons. The first-order valence-electron chi connectivity index (χ1n) is 12.3. The molecule has 2 aromatic rings. The van der Waals surface area contributed by atoms with Crippen molar-refractivity contribution in [3.05, 3.63) is 71.8 Å². The summed E-state index contributed by atoms with van der Waals surface area (Å²) in [6, 6.07) is 18.5. The highest BCUT2D eigenvalue weighted by atomic mass is 16.8. The molecule has 37 heavy (non-hydrogen) atoms. The predicted octanol–water partition coefficient (Wildman–Crippen LogP) is 0.125. The molecular formula is C26H30O11. The van der Waals surface area contributed by atoms with E-state index in [1.807, 2.05) is 60.7 Å². The maximum absolute atomic E-state index is 10.8. The van der Waals surface area contributed by atoms with Gasteiger partial charge in [0.15, 0.2) is 25.2 Å². The van der Waals surface area contributed by atoms with Crippen LogP contribution >= 0.6 is 0 Å². The van der Waals surface area contributed by atoms with E-state index in [1.54, 1.807) is 0 Å². The van der Waals surface area contributed by atoms with Crippen LogP contribution in [0.15, 0.2) is 60.7 Å². The average molecular weight is 519 g/mol. The van der Waals surface area contributed by atoms with Crippen LogP contribution in [0.25, 0.3) is 0 Å². The zero-order valence-corrected chi connectivity index (χ0v) is 19.8. The van der Waals surface area contributed by atoms with Gasteiger partial charge in [-0.05, 0) is 0 Å². The Morgan fingerprint density at radius 1 is 0.541 bits per heavy atom. The maximum atomic E-state index is 10.8. The second-order valence-electron chi connectivity index (χ2n) is 9.54. The third-order valence-corrected chi connectivity index (χ3v) is 7.08. The van der Waals surface area contributed by atoms with Gasteiger partial charge < -0.3 is 53.6 Å².